The molecule has 0 aliphatic carbocycles. The largest absolute Gasteiger partial charge is 0.360 e. The Hall–Kier alpha value is -3.56. The number of aromatic nitrogens is 2. The van der Waals surface area contributed by atoms with Gasteiger partial charge in [-0.1, -0.05) is 30.3 Å². The van der Waals surface area contributed by atoms with Gasteiger partial charge in [0.25, 0.3) is 5.91 Å². The molecule has 1 atom stereocenters. The van der Waals surface area contributed by atoms with Crippen molar-refractivity contribution in [3.8, 4) is 0 Å². The molecule has 7 nitrogen and oxygen atoms in total. The molecule has 0 radical (unpaired) electrons. The number of nitrogens with zero attached hydrogens (tertiary/aromatic N) is 3. The van der Waals surface area contributed by atoms with Gasteiger partial charge in [-0.05, 0) is 35.4 Å². The first kappa shape index (κ1) is 23.2. The van der Waals surface area contributed by atoms with Gasteiger partial charge in [-0.25, -0.2) is 12.8 Å². The second-order valence-electron chi connectivity index (χ2n) is 8.72. The van der Waals surface area contributed by atoms with Gasteiger partial charge >= 0.3 is 0 Å². The molecule has 1 aliphatic heterocycles. The molecule has 2 aromatic heterocycles. The number of carbonyl (C=O) groups is 1. The van der Waals surface area contributed by atoms with Crippen LogP contribution in [0.2, 0.25) is 0 Å². The Balaban J connectivity index is 1.45. The van der Waals surface area contributed by atoms with Crippen molar-refractivity contribution in [2.75, 3.05) is 32.4 Å². The van der Waals surface area contributed by atoms with E-state index in [0.717, 1.165) is 10.9 Å². The molecule has 9 heteroatoms. The Labute approximate surface area is 203 Å². The highest BCUT2D eigenvalue weighted by molar-refractivity contribution is 7.90. The van der Waals surface area contributed by atoms with Crippen LogP contribution in [0.3, 0.4) is 0 Å². The molecule has 180 valence electrons. The molecule has 1 N–H and O–H groups in total. The number of nitrogens with one attached hydrogen (secondary N) is 1. The first-order valence-corrected chi connectivity index (χ1v) is 13.2. The third-order valence-electron chi connectivity index (χ3n) is 6.44. The number of aromatic amines is 1. The molecule has 2 aromatic carbocycles. The monoisotopic (exact) mass is 492 g/mol. The molecule has 1 saturated heterocycles. The molecule has 0 bridgehead atoms. The number of rotatable bonds is 5. The number of piperazine rings is 1. The zero-order valence-corrected chi connectivity index (χ0v) is 20.0. The minimum absolute atomic E-state index is 0.107. The molecular formula is C26H25FN4O3S. The quantitative estimate of drug-likeness (QED) is 0.460. The lowest BCUT2D eigenvalue weighted by atomic mass is 9.96. The number of sulfone groups is 1. The number of pyridine rings is 1. The molecule has 3 heterocycles. The number of carbonyl (C=O) groups excluding carboxylic acids is 1. The van der Waals surface area contributed by atoms with Gasteiger partial charge in [-0.3, -0.25) is 14.7 Å². The smallest absolute Gasteiger partial charge is 0.257 e. The Morgan fingerprint density at radius 2 is 1.80 bits per heavy atom. The van der Waals surface area contributed by atoms with Gasteiger partial charge in [0.1, 0.15) is 5.82 Å². The third kappa shape index (κ3) is 4.56. The number of hydrogen-bond donors (Lipinski definition) is 1. The van der Waals surface area contributed by atoms with Gasteiger partial charge in [-0.15, -0.1) is 0 Å². The molecule has 0 saturated carbocycles. The SMILES string of the molecule is CS(=O)(=O)c1ccccc1C(c1cccc(F)c1)N1CCN(C(=O)c2cncc3cc[nH]c23)CC1. The summed E-state index contributed by atoms with van der Waals surface area (Å²) in [6, 6.07) is 14.5. The highest BCUT2D eigenvalue weighted by Crippen LogP contribution is 2.34. The predicted octanol–water partition coefficient (Wildman–Crippen LogP) is 3.65. The van der Waals surface area contributed by atoms with E-state index in [2.05, 4.69) is 14.9 Å². The normalized spacial score (nSPS) is 15.9. The summed E-state index contributed by atoms with van der Waals surface area (Å²) in [5, 5.41) is 0.873. The van der Waals surface area contributed by atoms with Crippen LogP contribution < -0.4 is 0 Å². The van der Waals surface area contributed by atoms with E-state index in [1.165, 1.54) is 18.4 Å². The maximum Gasteiger partial charge on any atom is 0.257 e. The average molecular weight is 493 g/mol. The van der Waals surface area contributed by atoms with Crippen LogP contribution in [0.5, 0.6) is 0 Å². The van der Waals surface area contributed by atoms with Gasteiger partial charge in [0.15, 0.2) is 9.84 Å². The highest BCUT2D eigenvalue weighted by Gasteiger charge is 2.32. The van der Waals surface area contributed by atoms with Gasteiger partial charge in [0, 0.05) is 56.4 Å². The lowest BCUT2D eigenvalue weighted by Gasteiger charge is -2.40. The van der Waals surface area contributed by atoms with Crippen molar-refractivity contribution in [3.63, 3.8) is 0 Å². The van der Waals surface area contributed by atoms with Crippen LogP contribution in [0, 0.1) is 5.82 Å². The fourth-order valence-corrected chi connectivity index (χ4v) is 5.74. The summed E-state index contributed by atoms with van der Waals surface area (Å²) in [5.74, 6) is -0.492. The fourth-order valence-electron chi connectivity index (χ4n) is 4.80. The summed E-state index contributed by atoms with van der Waals surface area (Å²) in [6.45, 7) is 1.89. The average Bonchev–Trinajstić information content (AvgIpc) is 3.33. The second-order valence-corrected chi connectivity index (χ2v) is 10.7. The van der Waals surface area contributed by atoms with Crippen molar-refractivity contribution < 1.29 is 17.6 Å². The van der Waals surface area contributed by atoms with E-state index in [4.69, 9.17) is 0 Å². The van der Waals surface area contributed by atoms with Crippen molar-refractivity contribution in [3.05, 3.63) is 95.7 Å². The lowest BCUT2D eigenvalue weighted by molar-refractivity contribution is 0.0597. The summed E-state index contributed by atoms with van der Waals surface area (Å²) in [5.41, 5.74) is 2.54. The van der Waals surface area contributed by atoms with E-state index in [1.807, 2.05) is 12.1 Å². The third-order valence-corrected chi connectivity index (χ3v) is 7.61. The van der Waals surface area contributed by atoms with Gasteiger partial charge in [0.05, 0.1) is 22.0 Å². The van der Waals surface area contributed by atoms with Crippen molar-refractivity contribution in [1.82, 2.24) is 19.8 Å². The van der Waals surface area contributed by atoms with Gasteiger partial charge in [-0.2, -0.15) is 0 Å². The summed E-state index contributed by atoms with van der Waals surface area (Å²) >= 11 is 0. The first-order valence-electron chi connectivity index (χ1n) is 11.3. The maximum absolute atomic E-state index is 14.2. The topological polar surface area (TPSA) is 86.4 Å². The number of fused-ring (bicyclic) bond motifs is 1. The van der Waals surface area contributed by atoms with Crippen LogP contribution in [0.4, 0.5) is 4.39 Å². The number of H-pyrrole nitrogens is 1. The predicted molar refractivity (Wildman–Crippen MR) is 131 cm³/mol. The van der Waals surface area contributed by atoms with Gasteiger partial charge in [0.2, 0.25) is 0 Å². The standard InChI is InChI=1S/C26H25FN4O3S/c1-35(33,34)23-8-3-2-7-21(23)25(18-5-4-6-20(27)15-18)30-11-13-31(14-12-30)26(32)22-17-28-16-19-9-10-29-24(19)22/h2-10,15-17,25,29H,11-14H2,1H3. The fraction of sp³-hybridized carbons (Fsp3) is 0.231. The summed E-state index contributed by atoms with van der Waals surface area (Å²) in [4.78, 5) is 24.7. The van der Waals surface area contributed by atoms with E-state index in [9.17, 15) is 17.6 Å². The summed E-state index contributed by atoms with van der Waals surface area (Å²) < 4.78 is 39.3. The van der Waals surface area contributed by atoms with Crippen LogP contribution in [-0.2, 0) is 9.84 Å². The van der Waals surface area contributed by atoms with Crippen molar-refractivity contribution in [2.45, 2.75) is 10.9 Å². The van der Waals surface area contributed by atoms with Crippen LogP contribution in [0.25, 0.3) is 10.9 Å². The Kier molecular flexibility index (Phi) is 6.12. The van der Waals surface area contributed by atoms with E-state index in [1.54, 1.807) is 53.8 Å². The number of amides is 1. The number of hydrogen-bond acceptors (Lipinski definition) is 5. The van der Waals surface area contributed by atoms with Gasteiger partial charge < -0.3 is 9.88 Å². The molecule has 35 heavy (non-hydrogen) atoms. The minimum atomic E-state index is -3.51. The van der Waals surface area contributed by atoms with Crippen molar-refractivity contribution in [1.29, 1.82) is 0 Å². The first-order chi connectivity index (χ1) is 16.8. The lowest BCUT2D eigenvalue weighted by Crippen LogP contribution is -2.50. The molecule has 1 fully saturated rings. The van der Waals surface area contributed by atoms with Crippen molar-refractivity contribution >= 4 is 26.6 Å². The van der Waals surface area contributed by atoms with Crippen LogP contribution in [0.1, 0.15) is 27.5 Å². The molecule has 4 aromatic rings. The molecule has 1 aliphatic rings. The summed E-state index contributed by atoms with van der Waals surface area (Å²) in [6.07, 6.45) is 6.25. The van der Waals surface area contributed by atoms with E-state index in [0.29, 0.717) is 42.9 Å². The zero-order chi connectivity index (χ0) is 24.6. The summed E-state index contributed by atoms with van der Waals surface area (Å²) in [7, 11) is -3.51. The van der Waals surface area contributed by atoms with E-state index >= 15 is 0 Å². The number of benzene rings is 2. The minimum Gasteiger partial charge on any atom is -0.360 e. The van der Waals surface area contributed by atoms with Crippen LogP contribution in [0.15, 0.2) is 78.1 Å². The highest BCUT2D eigenvalue weighted by atomic mass is 32.2. The molecule has 1 unspecified atom stereocenters. The Bertz CT molecular complexity index is 1490. The zero-order valence-electron chi connectivity index (χ0n) is 19.2. The molecule has 5 rings (SSSR count). The maximum atomic E-state index is 14.2. The Morgan fingerprint density at radius 1 is 1.03 bits per heavy atom. The van der Waals surface area contributed by atoms with E-state index in [-0.39, 0.29) is 16.6 Å². The number of halogens is 1. The van der Waals surface area contributed by atoms with Crippen LogP contribution >= 0.6 is 0 Å². The van der Waals surface area contributed by atoms with E-state index < -0.39 is 15.9 Å². The molecular weight excluding hydrogens is 467 g/mol. The van der Waals surface area contributed by atoms with Crippen molar-refractivity contribution in [2.24, 2.45) is 0 Å². The molecule has 0 spiro atoms. The second kappa shape index (κ2) is 9.24. The van der Waals surface area contributed by atoms with Crippen LogP contribution in [-0.4, -0.2) is 66.5 Å². The Morgan fingerprint density at radius 3 is 2.54 bits per heavy atom. The molecule has 1 amide bonds.